The first-order valence-corrected chi connectivity index (χ1v) is 12.6. The molecule has 4 nitrogen and oxygen atoms in total. The molecule has 0 atom stereocenters. The number of hydrogen-bond acceptors (Lipinski definition) is 3. The molecule has 0 aliphatic rings. The molecule has 28 heavy (non-hydrogen) atoms. The van der Waals surface area contributed by atoms with Crippen molar-refractivity contribution in [3.8, 4) is 0 Å². The van der Waals surface area contributed by atoms with Gasteiger partial charge in [-0.25, -0.2) is 4.79 Å². The summed E-state index contributed by atoms with van der Waals surface area (Å²) >= 11 is 0. The van der Waals surface area contributed by atoms with Crippen molar-refractivity contribution in [1.82, 2.24) is 0 Å². The quantitative estimate of drug-likeness (QED) is 0.415. The minimum atomic E-state index is -2.26. The summed E-state index contributed by atoms with van der Waals surface area (Å²) in [6, 6.07) is 13.8. The molecule has 2 rings (SSSR count). The van der Waals surface area contributed by atoms with Gasteiger partial charge in [-0.1, -0.05) is 68.8 Å². The molecule has 0 unspecified atom stereocenters. The number of rotatable bonds is 5. The van der Waals surface area contributed by atoms with Crippen molar-refractivity contribution in [2.75, 3.05) is 5.06 Å². The zero-order chi connectivity index (χ0) is 21.1. The first-order chi connectivity index (χ1) is 12.9. The second kappa shape index (κ2) is 8.49. The number of amides is 1. The zero-order valence-corrected chi connectivity index (χ0v) is 19.4. The molecular weight excluding hydrogens is 366 g/mol. The Balaban J connectivity index is 2.37. The van der Waals surface area contributed by atoms with Crippen molar-refractivity contribution in [3.05, 3.63) is 64.7 Å². The van der Waals surface area contributed by atoms with Gasteiger partial charge in [0.15, 0.2) is 0 Å². The van der Waals surface area contributed by atoms with Crippen molar-refractivity contribution < 1.29 is 14.1 Å². The van der Waals surface area contributed by atoms with E-state index in [0.29, 0.717) is 0 Å². The summed E-state index contributed by atoms with van der Waals surface area (Å²) < 4.78 is 12.1. The molecule has 2 aromatic carbocycles. The Bertz CT molecular complexity index is 802. The van der Waals surface area contributed by atoms with Crippen LogP contribution in [-0.4, -0.2) is 14.4 Å². The second-order valence-corrected chi connectivity index (χ2v) is 13.6. The van der Waals surface area contributed by atoms with Gasteiger partial charge in [0, 0.05) is 0 Å². The lowest BCUT2D eigenvalue weighted by atomic mass is 10.1. The number of carbonyl (C=O) groups excluding carboxylic acids is 1. The summed E-state index contributed by atoms with van der Waals surface area (Å²) in [7, 11) is -2.26. The molecule has 0 aromatic heterocycles. The summed E-state index contributed by atoms with van der Waals surface area (Å²) in [4.78, 5) is 13.1. The molecule has 0 bridgehead atoms. The van der Waals surface area contributed by atoms with Gasteiger partial charge in [-0.2, -0.15) is 5.06 Å². The standard InChI is InChI=1S/C23H33NO3Si/c1-17-14-18(2)21(19(3)15-17)24(27-28(7,8)23(4,5)6)22(25)26-16-20-12-10-9-11-13-20/h9-15H,16H2,1-8H3. The minimum absolute atomic E-state index is 0.0442. The molecular formula is C23H33NO3Si. The highest BCUT2D eigenvalue weighted by Crippen LogP contribution is 2.39. The van der Waals surface area contributed by atoms with Gasteiger partial charge in [-0.15, -0.1) is 0 Å². The number of hydrogen-bond donors (Lipinski definition) is 0. The Morgan fingerprint density at radius 1 is 1.00 bits per heavy atom. The lowest BCUT2D eigenvalue weighted by molar-refractivity contribution is 0.116. The number of benzene rings is 2. The van der Waals surface area contributed by atoms with Crippen LogP contribution in [0.25, 0.3) is 0 Å². The van der Waals surface area contributed by atoms with Crippen LogP contribution in [0.3, 0.4) is 0 Å². The zero-order valence-electron chi connectivity index (χ0n) is 18.4. The van der Waals surface area contributed by atoms with E-state index in [1.165, 1.54) is 5.06 Å². The van der Waals surface area contributed by atoms with E-state index < -0.39 is 14.4 Å². The Hall–Kier alpha value is -2.11. The molecule has 0 heterocycles. The predicted molar refractivity (Wildman–Crippen MR) is 118 cm³/mol. The minimum Gasteiger partial charge on any atom is -0.443 e. The third-order valence-corrected chi connectivity index (χ3v) is 9.59. The number of nitrogens with zero attached hydrogens (tertiary/aromatic N) is 1. The molecule has 0 aliphatic carbocycles. The number of anilines is 1. The molecule has 5 heteroatoms. The number of hydroxylamine groups is 1. The van der Waals surface area contributed by atoms with Gasteiger partial charge < -0.3 is 9.26 Å². The average Bonchev–Trinajstić information content (AvgIpc) is 2.57. The van der Waals surface area contributed by atoms with Crippen LogP contribution in [0.15, 0.2) is 42.5 Å². The Morgan fingerprint density at radius 2 is 1.54 bits per heavy atom. The number of carbonyl (C=O) groups is 1. The maximum atomic E-state index is 13.1. The van der Waals surface area contributed by atoms with E-state index in [-0.39, 0.29) is 11.6 Å². The van der Waals surface area contributed by atoms with E-state index in [2.05, 4.69) is 52.9 Å². The maximum absolute atomic E-state index is 13.1. The third kappa shape index (κ3) is 5.24. The lowest BCUT2D eigenvalue weighted by Crippen LogP contribution is -2.49. The van der Waals surface area contributed by atoms with E-state index >= 15 is 0 Å². The second-order valence-electron chi connectivity index (χ2n) is 8.93. The maximum Gasteiger partial charge on any atom is 0.438 e. The summed E-state index contributed by atoms with van der Waals surface area (Å²) in [5.74, 6) is 0. The molecule has 0 fully saturated rings. The molecule has 2 aromatic rings. The predicted octanol–water partition coefficient (Wildman–Crippen LogP) is 6.69. The Morgan fingerprint density at radius 3 is 2.04 bits per heavy atom. The van der Waals surface area contributed by atoms with Gasteiger partial charge in [0.1, 0.15) is 6.61 Å². The molecule has 0 aliphatic heterocycles. The van der Waals surface area contributed by atoms with Crippen molar-refractivity contribution in [2.45, 2.75) is 66.3 Å². The molecule has 0 radical (unpaired) electrons. The van der Waals surface area contributed by atoms with Crippen LogP contribution in [0.2, 0.25) is 18.1 Å². The summed E-state index contributed by atoms with van der Waals surface area (Å²) in [6.45, 7) is 17.0. The van der Waals surface area contributed by atoms with Crippen LogP contribution in [-0.2, 0) is 15.9 Å². The van der Waals surface area contributed by atoms with Crippen LogP contribution >= 0.6 is 0 Å². The van der Waals surface area contributed by atoms with Crippen molar-refractivity contribution in [3.63, 3.8) is 0 Å². The van der Waals surface area contributed by atoms with E-state index in [9.17, 15) is 4.79 Å². The molecule has 0 N–H and O–H groups in total. The molecule has 1 amide bonds. The van der Waals surface area contributed by atoms with Crippen molar-refractivity contribution >= 4 is 20.1 Å². The average molecular weight is 400 g/mol. The van der Waals surface area contributed by atoms with Gasteiger partial charge in [-0.05, 0) is 55.6 Å². The first kappa shape index (κ1) is 22.2. The number of ether oxygens (including phenoxy) is 1. The fourth-order valence-electron chi connectivity index (χ4n) is 2.81. The van der Waals surface area contributed by atoms with Crippen LogP contribution < -0.4 is 5.06 Å². The van der Waals surface area contributed by atoms with Gasteiger partial charge in [0.05, 0.1) is 5.69 Å². The van der Waals surface area contributed by atoms with E-state index in [0.717, 1.165) is 27.9 Å². The van der Waals surface area contributed by atoms with Crippen LogP contribution in [0.1, 0.15) is 43.0 Å². The van der Waals surface area contributed by atoms with Gasteiger partial charge >= 0.3 is 6.09 Å². The lowest BCUT2D eigenvalue weighted by Gasteiger charge is -2.39. The molecule has 0 saturated heterocycles. The van der Waals surface area contributed by atoms with Gasteiger partial charge in [0.2, 0.25) is 8.32 Å². The highest BCUT2D eigenvalue weighted by Gasteiger charge is 2.42. The van der Waals surface area contributed by atoms with Gasteiger partial charge in [-0.3, -0.25) is 0 Å². The molecule has 0 saturated carbocycles. The summed E-state index contributed by atoms with van der Waals surface area (Å²) in [5.41, 5.74) is 4.86. The fraction of sp³-hybridized carbons (Fsp3) is 0.435. The SMILES string of the molecule is Cc1cc(C)c(N(O[Si](C)(C)C(C)(C)C)C(=O)OCc2ccccc2)c(C)c1. The highest BCUT2D eigenvalue weighted by molar-refractivity contribution is 6.74. The van der Waals surface area contributed by atoms with E-state index in [1.807, 2.05) is 44.2 Å². The topological polar surface area (TPSA) is 38.8 Å². The third-order valence-electron chi connectivity index (χ3n) is 5.34. The van der Waals surface area contributed by atoms with E-state index in [4.69, 9.17) is 9.26 Å². The summed E-state index contributed by atoms with van der Waals surface area (Å²) in [6.07, 6.45) is -0.483. The Labute approximate surface area is 170 Å². The molecule has 0 spiro atoms. The highest BCUT2D eigenvalue weighted by atomic mass is 28.4. The number of aryl methyl sites for hydroxylation is 3. The smallest absolute Gasteiger partial charge is 0.438 e. The molecule has 152 valence electrons. The fourth-order valence-corrected chi connectivity index (χ4v) is 3.71. The first-order valence-electron chi connectivity index (χ1n) is 9.70. The van der Waals surface area contributed by atoms with Crippen LogP contribution in [0.5, 0.6) is 0 Å². The van der Waals surface area contributed by atoms with Crippen LogP contribution in [0.4, 0.5) is 10.5 Å². The van der Waals surface area contributed by atoms with Crippen molar-refractivity contribution in [2.24, 2.45) is 0 Å². The summed E-state index contributed by atoms with van der Waals surface area (Å²) in [5, 5.41) is 1.35. The monoisotopic (exact) mass is 399 g/mol. The van der Waals surface area contributed by atoms with Crippen molar-refractivity contribution in [1.29, 1.82) is 0 Å². The normalized spacial score (nSPS) is 12.0. The van der Waals surface area contributed by atoms with E-state index in [1.54, 1.807) is 0 Å². The largest absolute Gasteiger partial charge is 0.443 e. The van der Waals surface area contributed by atoms with Gasteiger partial charge in [0.25, 0.3) is 0 Å². The Kier molecular flexibility index (Phi) is 6.73. The van der Waals surface area contributed by atoms with Crippen LogP contribution in [0, 0.1) is 20.8 Å².